The molecule has 0 aliphatic carbocycles. The first-order chi connectivity index (χ1) is 15.3. The van der Waals surface area contributed by atoms with Crippen LogP contribution in [-0.2, 0) is 0 Å². The van der Waals surface area contributed by atoms with Crippen LogP contribution in [0.1, 0.15) is 64.7 Å². The molecule has 3 aromatic carbocycles. The van der Waals surface area contributed by atoms with Crippen LogP contribution < -0.4 is 15.6 Å². The van der Waals surface area contributed by atoms with Crippen LogP contribution >= 0.6 is 0 Å². The highest BCUT2D eigenvalue weighted by atomic mass is 28.3. The summed E-state index contributed by atoms with van der Waals surface area (Å²) in [5, 5.41) is 5.76. The number of hydrogen-bond acceptors (Lipinski definition) is 0. The lowest BCUT2D eigenvalue weighted by Crippen LogP contribution is -2.68. The minimum atomic E-state index is -2.31. The molecule has 0 fully saturated rings. The minimum absolute atomic E-state index is 1.11. The van der Waals surface area contributed by atoms with Gasteiger partial charge in [0.25, 0.3) is 0 Å². The van der Waals surface area contributed by atoms with Crippen molar-refractivity contribution in [3.8, 4) is 0 Å². The first kappa shape index (κ1) is 23.3. The average molecular weight is 427 g/mol. The number of hydrogen-bond donors (Lipinski definition) is 0. The Bertz CT molecular complexity index is 787. The van der Waals surface area contributed by atoms with Crippen molar-refractivity contribution in [2.75, 3.05) is 0 Å². The summed E-state index contributed by atoms with van der Waals surface area (Å²) in [6.45, 7) is 7.06. The summed E-state index contributed by atoms with van der Waals surface area (Å²) >= 11 is 0. The Hall–Kier alpha value is -2.38. The summed E-state index contributed by atoms with van der Waals surface area (Å²) in [6, 6.07) is 33.4. The van der Waals surface area contributed by atoms with Gasteiger partial charge in [0.2, 0.25) is 0 Å². The molecule has 0 spiro atoms. The zero-order valence-electron chi connectivity index (χ0n) is 19.2. The van der Waals surface area contributed by atoms with Crippen LogP contribution in [0.3, 0.4) is 0 Å². The molecule has 0 N–H and O–H groups in total. The maximum absolute atomic E-state index is 4.78. The molecular weight excluding hydrogens is 388 g/mol. The predicted molar refractivity (Wildman–Crippen MR) is 140 cm³/mol. The normalized spacial score (nSPS) is 11.4. The molecule has 0 bridgehead atoms. The van der Waals surface area contributed by atoms with Crippen LogP contribution in [0, 0.1) is 0 Å². The van der Waals surface area contributed by atoms with E-state index in [2.05, 4.69) is 97.9 Å². The van der Waals surface area contributed by atoms with Crippen molar-refractivity contribution >= 4 is 23.6 Å². The fraction of sp³-hybridized carbons (Fsp3) is 0.333. The molecule has 0 heterocycles. The molecule has 0 aromatic heterocycles. The highest BCUT2D eigenvalue weighted by molar-refractivity contribution is 7.16. The van der Waals surface area contributed by atoms with Crippen LogP contribution in [0.4, 0.5) is 0 Å². The SMILES string of the molecule is C=C(CCCCCCCCCC)[Si](c1ccccc1)(c1ccccc1)c1ccccc1. The van der Waals surface area contributed by atoms with E-state index < -0.39 is 8.07 Å². The zero-order valence-corrected chi connectivity index (χ0v) is 20.2. The monoisotopic (exact) mass is 426 g/mol. The second-order valence-corrected chi connectivity index (χ2v) is 12.6. The second kappa shape index (κ2) is 12.5. The summed E-state index contributed by atoms with van der Waals surface area (Å²) in [5.41, 5.74) is 0. The number of benzene rings is 3. The molecule has 3 aromatic rings. The standard InChI is InChI=1S/C30H38Si/c1-3-4-5-6-7-8-9-13-20-27(2)31(28-21-14-10-15-22-28,29-23-16-11-17-24-29)30-25-18-12-19-26-30/h10-12,14-19,21-26H,2-9,13,20H2,1H3. The first-order valence-corrected chi connectivity index (χ1v) is 14.1. The molecule has 0 atom stereocenters. The van der Waals surface area contributed by atoms with Gasteiger partial charge in [-0.05, 0) is 28.4 Å². The molecule has 162 valence electrons. The van der Waals surface area contributed by atoms with Crippen molar-refractivity contribution in [2.45, 2.75) is 64.7 Å². The van der Waals surface area contributed by atoms with Crippen molar-refractivity contribution < 1.29 is 0 Å². The van der Waals surface area contributed by atoms with Crippen molar-refractivity contribution in [2.24, 2.45) is 0 Å². The van der Waals surface area contributed by atoms with E-state index in [0.717, 1.165) is 6.42 Å². The van der Waals surface area contributed by atoms with Crippen molar-refractivity contribution in [1.82, 2.24) is 0 Å². The maximum Gasteiger partial charge on any atom is 0.175 e. The minimum Gasteiger partial charge on any atom is -0.103 e. The van der Waals surface area contributed by atoms with Crippen molar-refractivity contribution in [3.63, 3.8) is 0 Å². The molecule has 0 radical (unpaired) electrons. The fourth-order valence-electron chi connectivity index (χ4n) is 4.84. The molecule has 0 amide bonds. The molecule has 0 saturated carbocycles. The summed E-state index contributed by atoms with van der Waals surface area (Å²) in [4.78, 5) is 0. The summed E-state index contributed by atoms with van der Waals surface area (Å²) in [6.07, 6.45) is 11.9. The van der Waals surface area contributed by atoms with E-state index in [0.29, 0.717) is 0 Å². The average Bonchev–Trinajstić information content (AvgIpc) is 2.83. The van der Waals surface area contributed by atoms with Gasteiger partial charge in [0, 0.05) is 0 Å². The lowest BCUT2D eigenvalue weighted by molar-refractivity contribution is 0.577. The lowest BCUT2D eigenvalue weighted by Gasteiger charge is -2.36. The molecule has 0 unspecified atom stereocenters. The zero-order chi connectivity index (χ0) is 21.8. The van der Waals surface area contributed by atoms with Gasteiger partial charge in [-0.15, -0.1) is 6.58 Å². The highest BCUT2D eigenvalue weighted by Gasteiger charge is 2.41. The molecule has 0 saturated heterocycles. The Morgan fingerprint density at radius 2 is 0.903 bits per heavy atom. The van der Waals surface area contributed by atoms with Crippen LogP contribution in [0.25, 0.3) is 0 Å². The Balaban J connectivity index is 1.85. The van der Waals surface area contributed by atoms with Gasteiger partial charge < -0.3 is 0 Å². The Labute approximate surface area is 191 Å². The molecule has 3 rings (SSSR count). The van der Waals surface area contributed by atoms with E-state index in [1.807, 2.05) is 0 Å². The van der Waals surface area contributed by atoms with Gasteiger partial charge in [-0.2, -0.15) is 0 Å². The quantitative estimate of drug-likeness (QED) is 0.160. The lowest BCUT2D eigenvalue weighted by atomic mass is 10.1. The predicted octanol–water partition coefficient (Wildman–Crippen LogP) is 6.78. The maximum atomic E-state index is 4.78. The molecule has 0 nitrogen and oxygen atoms in total. The smallest absolute Gasteiger partial charge is 0.103 e. The summed E-state index contributed by atoms with van der Waals surface area (Å²) < 4.78 is 0. The van der Waals surface area contributed by atoms with Crippen LogP contribution in [-0.4, -0.2) is 8.07 Å². The van der Waals surface area contributed by atoms with E-state index in [1.54, 1.807) is 0 Å². The third kappa shape index (κ3) is 5.86. The van der Waals surface area contributed by atoms with Gasteiger partial charge >= 0.3 is 0 Å². The van der Waals surface area contributed by atoms with Gasteiger partial charge in [-0.3, -0.25) is 0 Å². The van der Waals surface area contributed by atoms with Crippen LogP contribution in [0.2, 0.25) is 0 Å². The third-order valence-electron chi connectivity index (χ3n) is 6.48. The third-order valence-corrected chi connectivity index (χ3v) is 11.4. The van der Waals surface area contributed by atoms with E-state index in [4.69, 9.17) is 6.58 Å². The van der Waals surface area contributed by atoms with Gasteiger partial charge in [-0.1, -0.05) is 148 Å². The molecule has 0 aliphatic heterocycles. The Kier molecular flexibility index (Phi) is 9.36. The number of unbranched alkanes of at least 4 members (excludes halogenated alkanes) is 7. The molecule has 1 heteroatoms. The van der Waals surface area contributed by atoms with Gasteiger partial charge in [0.05, 0.1) is 0 Å². The van der Waals surface area contributed by atoms with Crippen LogP contribution in [0.15, 0.2) is 103 Å². The van der Waals surface area contributed by atoms with Crippen molar-refractivity contribution in [3.05, 3.63) is 103 Å². The molecular formula is C30H38Si. The number of allylic oxidation sites excluding steroid dienone is 1. The van der Waals surface area contributed by atoms with E-state index in [9.17, 15) is 0 Å². The van der Waals surface area contributed by atoms with E-state index in [-0.39, 0.29) is 0 Å². The second-order valence-electron chi connectivity index (χ2n) is 8.68. The van der Waals surface area contributed by atoms with Crippen molar-refractivity contribution in [1.29, 1.82) is 0 Å². The largest absolute Gasteiger partial charge is 0.175 e. The number of rotatable bonds is 13. The molecule has 0 aliphatic rings. The Morgan fingerprint density at radius 3 is 1.29 bits per heavy atom. The topological polar surface area (TPSA) is 0 Å². The molecule has 31 heavy (non-hydrogen) atoms. The summed E-state index contributed by atoms with van der Waals surface area (Å²) in [5.74, 6) is 0. The van der Waals surface area contributed by atoms with E-state index >= 15 is 0 Å². The van der Waals surface area contributed by atoms with Crippen LogP contribution in [0.5, 0.6) is 0 Å². The van der Waals surface area contributed by atoms with Gasteiger partial charge in [0.15, 0.2) is 8.07 Å². The van der Waals surface area contributed by atoms with Gasteiger partial charge in [-0.25, -0.2) is 0 Å². The first-order valence-electron chi connectivity index (χ1n) is 12.1. The summed E-state index contributed by atoms with van der Waals surface area (Å²) in [7, 11) is -2.31. The van der Waals surface area contributed by atoms with E-state index in [1.165, 1.54) is 72.1 Å². The fourth-order valence-corrected chi connectivity index (χ4v) is 9.69. The highest BCUT2D eigenvalue weighted by Crippen LogP contribution is 2.22. The van der Waals surface area contributed by atoms with Gasteiger partial charge in [0.1, 0.15) is 0 Å². The Morgan fingerprint density at radius 1 is 0.548 bits per heavy atom.